The third-order valence-corrected chi connectivity index (χ3v) is 8.22. The summed E-state index contributed by atoms with van der Waals surface area (Å²) in [4.78, 5) is 2.72. The molecule has 3 aromatic rings. The standard InChI is InChI=1S/C24H23FN2O2S/c25-21-12-10-20(11-13-21)17-27-24(22-8-4-5-9-23(22)30(27,28)29)14-15-26(18-24)16-19-6-2-1-3-7-19/h1-13H,14-18H2/t24-/m0/s1. The van der Waals surface area contributed by atoms with E-state index in [0.29, 0.717) is 11.4 Å². The van der Waals surface area contributed by atoms with Crippen LogP contribution in [0.15, 0.2) is 83.8 Å². The summed E-state index contributed by atoms with van der Waals surface area (Å²) < 4.78 is 42.1. The summed E-state index contributed by atoms with van der Waals surface area (Å²) in [7, 11) is -3.63. The number of hydrogen-bond donors (Lipinski definition) is 0. The summed E-state index contributed by atoms with van der Waals surface area (Å²) in [6, 6.07) is 23.7. The van der Waals surface area contributed by atoms with Crippen LogP contribution in [0.25, 0.3) is 0 Å². The molecule has 2 heterocycles. The van der Waals surface area contributed by atoms with Crippen molar-refractivity contribution in [3.8, 4) is 0 Å². The molecule has 5 rings (SSSR count). The van der Waals surface area contributed by atoms with Crippen LogP contribution in [0.3, 0.4) is 0 Å². The van der Waals surface area contributed by atoms with Crippen LogP contribution in [-0.2, 0) is 28.7 Å². The van der Waals surface area contributed by atoms with E-state index in [1.54, 1.807) is 28.6 Å². The van der Waals surface area contributed by atoms with E-state index in [-0.39, 0.29) is 12.4 Å². The zero-order valence-electron chi connectivity index (χ0n) is 16.5. The average Bonchev–Trinajstić information content (AvgIpc) is 3.24. The van der Waals surface area contributed by atoms with Gasteiger partial charge < -0.3 is 0 Å². The van der Waals surface area contributed by atoms with Crippen LogP contribution in [0, 0.1) is 5.82 Å². The summed E-state index contributed by atoms with van der Waals surface area (Å²) in [5.41, 5.74) is 2.28. The maximum atomic E-state index is 13.5. The third kappa shape index (κ3) is 3.16. The fourth-order valence-corrected chi connectivity index (χ4v) is 6.87. The van der Waals surface area contributed by atoms with Gasteiger partial charge in [0.1, 0.15) is 5.82 Å². The van der Waals surface area contributed by atoms with E-state index in [1.165, 1.54) is 17.7 Å². The summed E-state index contributed by atoms with van der Waals surface area (Å²) >= 11 is 0. The minimum Gasteiger partial charge on any atom is -0.297 e. The first kappa shape index (κ1) is 19.4. The Balaban J connectivity index is 1.52. The zero-order valence-corrected chi connectivity index (χ0v) is 17.4. The lowest BCUT2D eigenvalue weighted by Gasteiger charge is -2.34. The first-order chi connectivity index (χ1) is 14.5. The van der Waals surface area contributed by atoms with Gasteiger partial charge in [0.25, 0.3) is 0 Å². The van der Waals surface area contributed by atoms with E-state index in [2.05, 4.69) is 17.0 Å². The van der Waals surface area contributed by atoms with Crippen molar-refractivity contribution in [1.29, 1.82) is 0 Å². The van der Waals surface area contributed by atoms with Crippen LogP contribution in [0.1, 0.15) is 23.1 Å². The highest BCUT2D eigenvalue weighted by atomic mass is 32.2. The van der Waals surface area contributed by atoms with Crippen LogP contribution < -0.4 is 0 Å². The van der Waals surface area contributed by atoms with Crippen LogP contribution >= 0.6 is 0 Å². The van der Waals surface area contributed by atoms with Crippen LogP contribution in [-0.4, -0.2) is 30.7 Å². The minimum atomic E-state index is -3.63. The predicted molar refractivity (Wildman–Crippen MR) is 114 cm³/mol. The average molecular weight is 423 g/mol. The van der Waals surface area contributed by atoms with Crippen LogP contribution in [0.5, 0.6) is 0 Å². The monoisotopic (exact) mass is 422 g/mol. The van der Waals surface area contributed by atoms with Crippen LogP contribution in [0.2, 0.25) is 0 Å². The van der Waals surface area contributed by atoms with Gasteiger partial charge >= 0.3 is 0 Å². The lowest BCUT2D eigenvalue weighted by atomic mass is 9.88. The molecule has 1 atom stereocenters. The van der Waals surface area contributed by atoms with Gasteiger partial charge in [-0.2, -0.15) is 4.31 Å². The lowest BCUT2D eigenvalue weighted by molar-refractivity contribution is 0.184. The second-order valence-electron chi connectivity index (χ2n) is 8.11. The molecule has 3 aromatic carbocycles. The fourth-order valence-electron chi connectivity index (χ4n) is 4.82. The highest BCUT2D eigenvalue weighted by molar-refractivity contribution is 7.89. The molecule has 2 aliphatic rings. The molecule has 0 saturated carbocycles. The van der Waals surface area contributed by atoms with Gasteiger partial charge in [0, 0.05) is 26.2 Å². The first-order valence-electron chi connectivity index (χ1n) is 10.1. The summed E-state index contributed by atoms with van der Waals surface area (Å²) in [5.74, 6) is -0.323. The van der Waals surface area contributed by atoms with E-state index >= 15 is 0 Å². The topological polar surface area (TPSA) is 40.6 Å². The number of halogens is 1. The molecule has 0 aromatic heterocycles. The SMILES string of the molecule is O=S1(=O)c2ccccc2[C@@]2(CCN(Cc3ccccc3)C2)N1Cc1ccc(F)cc1. The largest absolute Gasteiger partial charge is 0.297 e. The molecule has 0 amide bonds. The molecule has 1 fully saturated rings. The van der Waals surface area contributed by atoms with E-state index in [9.17, 15) is 12.8 Å². The molecule has 2 aliphatic heterocycles. The highest BCUT2D eigenvalue weighted by Gasteiger charge is 2.56. The second-order valence-corrected chi connectivity index (χ2v) is 9.94. The predicted octanol–water partition coefficient (Wildman–Crippen LogP) is 4.13. The van der Waals surface area contributed by atoms with Gasteiger partial charge in [0.2, 0.25) is 10.0 Å². The van der Waals surface area contributed by atoms with Crippen molar-refractivity contribution in [1.82, 2.24) is 9.21 Å². The smallest absolute Gasteiger partial charge is 0.244 e. The Hall–Kier alpha value is -2.54. The molecule has 154 valence electrons. The molecule has 0 aliphatic carbocycles. The van der Waals surface area contributed by atoms with Crippen molar-refractivity contribution < 1.29 is 12.8 Å². The minimum absolute atomic E-state index is 0.233. The van der Waals surface area contributed by atoms with E-state index in [0.717, 1.165) is 30.6 Å². The van der Waals surface area contributed by atoms with Gasteiger partial charge in [0.05, 0.1) is 10.4 Å². The fraction of sp³-hybridized carbons (Fsp3) is 0.250. The molecule has 1 spiro atoms. The number of fused-ring (bicyclic) bond motifs is 2. The van der Waals surface area contributed by atoms with Crippen molar-refractivity contribution in [2.45, 2.75) is 29.9 Å². The van der Waals surface area contributed by atoms with Crippen molar-refractivity contribution in [3.05, 3.63) is 101 Å². The van der Waals surface area contributed by atoms with E-state index < -0.39 is 15.6 Å². The molecule has 0 N–H and O–H groups in total. The van der Waals surface area contributed by atoms with E-state index in [4.69, 9.17) is 0 Å². The number of sulfonamides is 1. The Morgan fingerprint density at radius 1 is 0.833 bits per heavy atom. The molecular formula is C24H23FN2O2S. The van der Waals surface area contributed by atoms with Gasteiger partial charge in [-0.05, 0) is 41.3 Å². The number of nitrogens with zero attached hydrogens (tertiary/aromatic N) is 2. The second kappa shape index (κ2) is 7.30. The van der Waals surface area contributed by atoms with Gasteiger partial charge in [0.15, 0.2) is 0 Å². The van der Waals surface area contributed by atoms with Crippen molar-refractivity contribution in [2.24, 2.45) is 0 Å². The number of benzene rings is 3. The maximum absolute atomic E-state index is 13.5. The maximum Gasteiger partial charge on any atom is 0.244 e. The van der Waals surface area contributed by atoms with Crippen molar-refractivity contribution in [2.75, 3.05) is 13.1 Å². The summed E-state index contributed by atoms with van der Waals surface area (Å²) in [6.07, 6.45) is 0.733. The van der Waals surface area contributed by atoms with Crippen molar-refractivity contribution in [3.63, 3.8) is 0 Å². The Kier molecular flexibility index (Phi) is 4.73. The lowest BCUT2D eigenvalue weighted by Crippen LogP contribution is -2.45. The molecule has 1 saturated heterocycles. The van der Waals surface area contributed by atoms with E-state index in [1.807, 2.05) is 30.3 Å². The summed E-state index contributed by atoms with van der Waals surface area (Å²) in [5, 5.41) is 0. The molecule has 4 nitrogen and oxygen atoms in total. The number of hydrogen-bond acceptors (Lipinski definition) is 3. The van der Waals surface area contributed by atoms with Gasteiger partial charge in [-0.25, -0.2) is 12.8 Å². The molecular weight excluding hydrogens is 399 g/mol. The van der Waals surface area contributed by atoms with Gasteiger partial charge in [-0.15, -0.1) is 0 Å². The highest BCUT2D eigenvalue weighted by Crippen LogP contribution is 2.50. The van der Waals surface area contributed by atoms with Crippen molar-refractivity contribution >= 4 is 10.0 Å². The van der Waals surface area contributed by atoms with Crippen LogP contribution in [0.4, 0.5) is 4.39 Å². The van der Waals surface area contributed by atoms with Gasteiger partial charge in [-0.1, -0.05) is 60.7 Å². The molecule has 6 heteroatoms. The molecule has 0 bridgehead atoms. The molecule has 30 heavy (non-hydrogen) atoms. The Labute approximate surface area is 176 Å². The third-order valence-electron chi connectivity index (χ3n) is 6.25. The number of likely N-dealkylation sites (tertiary alicyclic amines) is 1. The number of rotatable bonds is 4. The normalized spacial score (nSPS) is 23.1. The Bertz CT molecular complexity index is 1170. The first-order valence-corrected chi connectivity index (χ1v) is 11.6. The quantitative estimate of drug-likeness (QED) is 0.635. The zero-order chi connectivity index (χ0) is 20.8. The Morgan fingerprint density at radius 3 is 2.27 bits per heavy atom. The molecule has 0 radical (unpaired) electrons. The summed E-state index contributed by atoms with van der Waals surface area (Å²) in [6.45, 7) is 2.48. The molecule has 0 unspecified atom stereocenters. The van der Waals surface area contributed by atoms with Gasteiger partial charge in [-0.3, -0.25) is 4.90 Å². The Morgan fingerprint density at radius 2 is 1.50 bits per heavy atom.